The minimum Gasteiger partial charge on any atom is -0.284 e. The average molecular weight is 205 g/mol. The van der Waals surface area contributed by atoms with Crippen molar-refractivity contribution >= 4 is 12.6 Å². The summed E-state index contributed by atoms with van der Waals surface area (Å²) in [4.78, 5) is 2.41. The Balaban J connectivity index is 2.27. The van der Waals surface area contributed by atoms with Crippen LogP contribution < -0.4 is 0 Å². The fourth-order valence-electron chi connectivity index (χ4n) is 2.93. The van der Waals surface area contributed by atoms with Gasteiger partial charge in [-0.25, -0.2) is 0 Å². The van der Waals surface area contributed by atoms with Gasteiger partial charge in [0.05, 0.1) is 4.87 Å². The van der Waals surface area contributed by atoms with Crippen LogP contribution in [-0.4, -0.2) is 11.9 Å². The molecule has 0 saturated heterocycles. The monoisotopic (exact) mass is 205 g/mol. The molecule has 0 aromatic heterocycles. The molecule has 14 heavy (non-hydrogen) atoms. The highest BCUT2D eigenvalue weighted by molar-refractivity contribution is 7.81. The third-order valence-corrected chi connectivity index (χ3v) is 4.44. The molecule has 0 fully saturated rings. The molecule has 0 radical (unpaired) electrons. The number of thiol groups is 1. The van der Waals surface area contributed by atoms with Crippen LogP contribution in [0.3, 0.4) is 0 Å². The maximum atomic E-state index is 4.90. The molecule has 1 unspecified atom stereocenters. The first-order valence-electron chi connectivity index (χ1n) is 5.27. The Kier molecular flexibility index (Phi) is 1.74. The van der Waals surface area contributed by atoms with Gasteiger partial charge in [0.25, 0.3) is 0 Å². The van der Waals surface area contributed by atoms with Gasteiger partial charge in [-0.3, -0.25) is 4.90 Å². The number of aryl methyl sites for hydroxylation is 1. The summed E-state index contributed by atoms with van der Waals surface area (Å²) in [5.74, 6) is 0. The third kappa shape index (κ3) is 0.958. The Morgan fingerprint density at radius 2 is 2.14 bits per heavy atom. The van der Waals surface area contributed by atoms with Gasteiger partial charge in [0.15, 0.2) is 0 Å². The molecule has 1 nitrogen and oxygen atoms in total. The van der Waals surface area contributed by atoms with Gasteiger partial charge in [-0.15, -0.1) is 0 Å². The number of hydrogen-bond donors (Lipinski definition) is 1. The predicted molar refractivity (Wildman–Crippen MR) is 61.5 cm³/mol. The van der Waals surface area contributed by atoms with Gasteiger partial charge in [0.1, 0.15) is 0 Å². The second kappa shape index (κ2) is 2.77. The van der Waals surface area contributed by atoms with Gasteiger partial charge < -0.3 is 0 Å². The van der Waals surface area contributed by atoms with Crippen molar-refractivity contribution in [3.63, 3.8) is 0 Å². The van der Waals surface area contributed by atoms with E-state index in [9.17, 15) is 0 Å². The zero-order valence-electron chi connectivity index (χ0n) is 8.45. The maximum Gasteiger partial charge on any atom is 0.0903 e. The first kappa shape index (κ1) is 8.81. The van der Waals surface area contributed by atoms with E-state index < -0.39 is 0 Å². The first-order valence-corrected chi connectivity index (χ1v) is 5.71. The van der Waals surface area contributed by atoms with E-state index in [-0.39, 0.29) is 4.87 Å². The van der Waals surface area contributed by atoms with E-state index in [0.717, 1.165) is 6.54 Å². The van der Waals surface area contributed by atoms with E-state index >= 15 is 0 Å². The molecule has 2 heteroatoms. The van der Waals surface area contributed by atoms with Crippen molar-refractivity contribution in [2.45, 2.75) is 30.7 Å². The molecule has 1 aliphatic heterocycles. The summed E-state index contributed by atoms with van der Waals surface area (Å²) in [6, 6.07) is 6.70. The van der Waals surface area contributed by atoms with Crippen molar-refractivity contribution in [3.8, 4) is 0 Å². The van der Waals surface area contributed by atoms with Crippen LogP contribution in [0, 0.1) is 0 Å². The molecule has 3 rings (SSSR count). The van der Waals surface area contributed by atoms with Crippen LogP contribution in [-0.2, 0) is 17.8 Å². The predicted octanol–water partition coefficient (Wildman–Crippen LogP) is 2.55. The summed E-state index contributed by atoms with van der Waals surface area (Å²) < 4.78 is 0. The minimum absolute atomic E-state index is 0.0319. The van der Waals surface area contributed by atoms with Crippen LogP contribution in [0.5, 0.6) is 0 Å². The largest absolute Gasteiger partial charge is 0.284 e. The summed E-state index contributed by atoms with van der Waals surface area (Å²) >= 11 is 4.90. The van der Waals surface area contributed by atoms with Crippen LogP contribution in [0.1, 0.15) is 29.5 Å². The normalized spacial score (nSPS) is 30.4. The lowest BCUT2D eigenvalue weighted by Crippen LogP contribution is -2.35. The molecule has 74 valence electrons. The Morgan fingerprint density at radius 1 is 1.36 bits per heavy atom. The highest BCUT2D eigenvalue weighted by atomic mass is 32.1. The zero-order valence-corrected chi connectivity index (χ0v) is 9.35. The van der Waals surface area contributed by atoms with E-state index in [0.29, 0.717) is 0 Å². The van der Waals surface area contributed by atoms with E-state index in [1.165, 1.54) is 36.0 Å². The molecular formula is C12H15NS. The smallest absolute Gasteiger partial charge is 0.0903 e. The van der Waals surface area contributed by atoms with Gasteiger partial charge in [0.2, 0.25) is 0 Å². The lowest BCUT2D eigenvalue weighted by molar-refractivity contribution is 0.212. The Morgan fingerprint density at radius 3 is 3.00 bits per heavy atom. The number of rotatable bonds is 0. The highest BCUT2D eigenvalue weighted by Crippen LogP contribution is 2.49. The standard InChI is InChI=1S/C12H15NS/c1-13-8-10-5-2-4-9-6-3-7-12(13,14)11(9)10/h2,4-5,14H,3,6-8H2,1H3. The van der Waals surface area contributed by atoms with Crippen molar-refractivity contribution in [3.05, 3.63) is 34.9 Å². The fraction of sp³-hybridized carbons (Fsp3) is 0.500. The molecule has 0 spiro atoms. The average Bonchev–Trinajstić information content (AvgIpc) is 2.42. The fourth-order valence-corrected chi connectivity index (χ4v) is 3.44. The Bertz CT molecular complexity index is 388. The van der Waals surface area contributed by atoms with E-state index in [1.807, 2.05) is 0 Å². The molecule has 0 N–H and O–H groups in total. The summed E-state index contributed by atoms with van der Waals surface area (Å²) in [5, 5.41) is 0. The molecule has 1 atom stereocenters. The molecule has 1 heterocycles. The van der Waals surface area contributed by atoms with Gasteiger partial charge in [0, 0.05) is 6.54 Å². The van der Waals surface area contributed by atoms with Crippen LogP contribution in [0.15, 0.2) is 18.2 Å². The van der Waals surface area contributed by atoms with Crippen molar-refractivity contribution in [1.29, 1.82) is 0 Å². The summed E-state index contributed by atoms with van der Waals surface area (Å²) in [6.45, 7) is 1.06. The Labute approximate surface area is 90.5 Å². The topological polar surface area (TPSA) is 3.24 Å². The molecule has 0 saturated carbocycles. The highest BCUT2D eigenvalue weighted by Gasteiger charge is 2.43. The number of benzene rings is 1. The minimum atomic E-state index is 0.0319. The zero-order chi connectivity index (χ0) is 9.76. The third-order valence-electron chi connectivity index (χ3n) is 3.65. The molecular weight excluding hydrogens is 190 g/mol. The lowest BCUT2D eigenvalue weighted by atomic mass is 9.86. The lowest BCUT2D eigenvalue weighted by Gasteiger charge is -2.36. The van der Waals surface area contributed by atoms with Gasteiger partial charge in [-0.1, -0.05) is 18.2 Å². The summed E-state index contributed by atoms with van der Waals surface area (Å²) in [6.07, 6.45) is 3.69. The summed E-state index contributed by atoms with van der Waals surface area (Å²) in [5.41, 5.74) is 4.52. The van der Waals surface area contributed by atoms with Gasteiger partial charge in [-0.2, -0.15) is 12.6 Å². The second-order valence-electron chi connectivity index (χ2n) is 4.48. The number of hydrogen-bond acceptors (Lipinski definition) is 2. The van der Waals surface area contributed by atoms with E-state index in [1.54, 1.807) is 0 Å². The second-order valence-corrected chi connectivity index (χ2v) is 5.22. The van der Waals surface area contributed by atoms with Gasteiger partial charge >= 0.3 is 0 Å². The van der Waals surface area contributed by atoms with E-state index in [4.69, 9.17) is 12.6 Å². The van der Waals surface area contributed by atoms with Crippen LogP contribution in [0.25, 0.3) is 0 Å². The SMILES string of the molecule is CN1Cc2cccc3c2C1(S)CCC3. The molecule has 0 bridgehead atoms. The van der Waals surface area contributed by atoms with Crippen LogP contribution in [0.4, 0.5) is 0 Å². The van der Waals surface area contributed by atoms with Crippen molar-refractivity contribution < 1.29 is 0 Å². The van der Waals surface area contributed by atoms with Crippen molar-refractivity contribution in [1.82, 2.24) is 4.90 Å². The maximum absolute atomic E-state index is 4.90. The first-order chi connectivity index (χ1) is 6.72. The Hall–Kier alpha value is -0.470. The van der Waals surface area contributed by atoms with Crippen LogP contribution in [0.2, 0.25) is 0 Å². The molecule has 1 aliphatic carbocycles. The molecule has 2 aliphatic rings. The van der Waals surface area contributed by atoms with Crippen LogP contribution >= 0.6 is 12.6 Å². The summed E-state index contributed by atoms with van der Waals surface area (Å²) in [7, 11) is 2.18. The molecule has 0 amide bonds. The van der Waals surface area contributed by atoms with Crippen molar-refractivity contribution in [2.75, 3.05) is 7.05 Å². The molecule has 1 aromatic carbocycles. The number of nitrogens with zero attached hydrogens (tertiary/aromatic N) is 1. The quantitative estimate of drug-likeness (QED) is 0.637. The van der Waals surface area contributed by atoms with Gasteiger partial charge in [-0.05, 0) is 43.0 Å². The molecule has 1 aromatic rings. The van der Waals surface area contributed by atoms with Crippen molar-refractivity contribution in [2.24, 2.45) is 0 Å². The van der Waals surface area contributed by atoms with E-state index in [2.05, 4.69) is 30.1 Å².